The van der Waals surface area contributed by atoms with Gasteiger partial charge in [-0.1, -0.05) is 29.9 Å². The molecule has 0 bridgehead atoms. The van der Waals surface area contributed by atoms with Crippen LogP contribution in [0.25, 0.3) is 27.2 Å². The summed E-state index contributed by atoms with van der Waals surface area (Å²) in [7, 11) is 0. The SMILES string of the molecule is CCc1nn2cc(-c3cc4cc(Cl)ccc4oc3=O)nc2s1. The van der Waals surface area contributed by atoms with Gasteiger partial charge in [0, 0.05) is 10.4 Å². The molecule has 4 rings (SSSR count). The smallest absolute Gasteiger partial charge is 0.345 e. The molecule has 0 aliphatic rings. The predicted octanol–water partition coefficient (Wildman–Crippen LogP) is 3.78. The first-order valence-corrected chi connectivity index (χ1v) is 7.92. The van der Waals surface area contributed by atoms with Crippen molar-refractivity contribution in [2.75, 3.05) is 0 Å². The number of hydrogen-bond acceptors (Lipinski definition) is 5. The van der Waals surface area contributed by atoms with Crippen molar-refractivity contribution in [1.82, 2.24) is 14.6 Å². The molecule has 0 unspecified atom stereocenters. The largest absolute Gasteiger partial charge is 0.422 e. The zero-order valence-corrected chi connectivity index (χ0v) is 13.1. The Balaban J connectivity index is 1.92. The van der Waals surface area contributed by atoms with Gasteiger partial charge in [-0.2, -0.15) is 5.10 Å². The van der Waals surface area contributed by atoms with E-state index in [0.29, 0.717) is 21.9 Å². The van der Waals surface area contributed by atoms with Crippen molar-refractivity contribution in [2.45, 2.75) is 13.3 Å². The summed E-state index contributed by atoms with van der Waals surface area (Å²) in [6.45, 7) is 2.04. The highest BCUT2D eigenvalue weighted by molar-refractivity contribution is 7.16. The number of rotatable bonds is 2. The standard InChI is InChI=1S/C15H10ClN3O2S/c1-2-13-18-19-7-11(17-15(19)22-13)10-6-8-5-9(16)3-4-12(8)21-14(10)20/h3-7H,2H2,1H3. The van der Waals surface area contributed by atoms with Crippen molar-refractivity contribution in [3.8, 4) is 11.3 Å². The zero-order chi connectivity index (χ0) is 15.3. The Morgan fingerprint density at radius 3 is 3.00 bits per heavy atom. The van der Waals surface area contributed by atoms with Crippen LogP contribution in [-0.4, -0.2) is 14.6 Å². The minimum absolute atomic E-state index is 0.408. The third kappa shape index (κ3) is 2.12. The third-order valence-corrected chi connectivity index (χ3v) is 4.66. The number of aromatic nitrogens is 3. The van der Waals surface area contributed by atoms with E-state index in [1.165, 1.54) is 11.3 Å². The highest BCUT2D eigenvalue weighted by atomic mass is 35.5. The van der Waals surface area contributed by atoms with E-state index >= 15 is 0 Å². The number of aryl methyl sites for hydroxylation is 1. The van der Waals surface area contributed by atoms with Crippen molar-refractivity contribution in [2.24, 2.45) is 0 Å². The van der Waals surface area contributed by atoms with Crippen LogP contribution in [0.4, 0.5) is 0 Å². The number of benzene rings is 1. The van der Waals surface area contributed by atoms with Gasteiger partial charge in [0.05, 0.1) is 17.5 Å². The van der Waals surface area contributed by atoms with Crippen LogP contribution in [0.1, 0.15) is 11.9 Å². The summed E-state index contributed by atoms with van der Waals surface area (Å²) >= 11 is 7.50. The fourth-order valence-electron chi connectivity index (χ4n) is 2.29. The lowest BCUT2D eigenvalue weighted by Gasteiger charge is -2.00. The summed E-state index contributed by atoms with van der Waals surface area (Å²) in [6, 6.07) is 6.88. The second-order valence-electron chi connectivity index (χ2n) is 4.83. The molecule has 0 fully saturated rings. The van der Waals surface area contributed by atoms with Crippen LogP contribution in [-0.2, 0) is 6.42 Å². The van der Waals surface area contributed by atoms with Crippen molar-refractivity contribution >= 4 is 38.9 Å². The topological polar surface area (TPSA) is 60.4 Å². The first-order valence-electron chi connectivity index (χ1n) is 6.73. The van der Waals surface area contributed by atoms with E-state index in [1.807, 2.05) is 6.92 Å². The van der Waals surface area contributed by atoms with E-state index in [-0.39, 0.29) is 0 Å². The van der Waals surface area contributed by atoms with Gasteiger partial charge in [0.25, 0.3) is 0 Å². The average Bonchev–Trinajstić information content (AvgIpc) is 3.05. The molecule has 0 saturated heterocycles. The van der Waals surface area contributed by atoms with Gasteiger partial charge in [0.1, 0.15) is 10.6 Å². The fourth-order valence-corrected chi connectivity index (χ4v) is 3.28. The maximum atomic E-state index is 12.2. The van der Waals surface area contributed by atoms with E-state index in [9.17, 15) is 4.79 Å². The second-order valence-corrected chi connectivity index (χ2v) is 6.31. The average molecular weight is 332 g/mol. The van der Waals surface area contributed by atoms with Crippen molar-refractivity contribution < 1.29 is 4.42 Å². The maximum Gasteiger partial charge on any atom is 0.345 e. The molecule has 0 atom stereocenters. The molecule has 0 spiro atoms. The molecule has 110 valence electrons. The Kier molecular flexibility index (Phi) is 3.02. The molecule has 0 saturated carbocycles. The van der Waals surface area contributed by atoms with E-state index < -0.39 is 5.63 Å². The first kappa shape index (κ1) is 13.5. The zero-order valence-electron chi connectivity index (χ0n) is 11.5. The lowest BCUT2D eigenvalue weighted by atomic mass is 10.1. The number of hydrogen-bond donors (Lipinski definition) is 0. The molecule has 5 nitrogen and oxygen atoms in total. The van der Waals surface area contributed by atoms with Crippen LogP contribution in [0.2, 0.25) is 5.02 Å². The molecule has 0 aliphatic heterocycles. The summed E-state index contributed by atoms with van der Waals surface area (Å²) in [5.41, 5.74) is 1.05. The van der Waals surface area contributed by atoms with Gasteiger partial charge in [-0.15, -0.1) is 0 Å². The molecule has 22 heavy (non-hydrogen) atoms. The normalized spacial score (nSPS) is 11.5. The van der Waals surface area contributed by atoms with Crippen LogP contribution in [0.5, 0.6) is 0 Å². The van der Waals surface area contributed by atoms with Gasteiger partial charge in [0.15, 0.2) is 0 Å². The molecular weight excluding hydrogens is 322 g/mol. The van der Waals surface area contributed by atoms with Crippen molar-refractivity contribution in [3.05, 3.63) is 50.9 Å². The molecule has 0 amide bonds. The summed E-state index contributed by atoms with van der Waals surface area (Å²) in [4.78, 5) is 17.4. The molecule has 0 aliphatic carbocycles. The van der Waals surface area contributed by atoms with Crippen LogP contribution in [0.15, 0.2) is 39.7 Å². The highest BCUT2D eigenvalue weighted by Crippen LogP contribution is 2.24. The fraction of sp³-hybridized carbons (Fsp3) is 0.133. The van der Waals surface area contributed by atoms with Gasteiger partial charge in [0.2, 0.25) is 4.96 Å². The Bertz CT molecular complexity index is 1030. The lowest BCUT2D eigenvalue weighted by molar-refractivity contribution is 0.563. The summed E-state index contributed by atoms with van der Waals surface area (Å²) in [6.07, 6.45) is 2.60. The van der Waals surface area contributed by atoms with Crippen molar-refractivity contribution in [1.29, 1.82) is 0 Å². The molecule has 4 aromatic rings. The Morgan fingerprint density at radius 2 is 2.23 bits per heavy atom. The number of fused-ring (bicyclic) bond motifs is 2. The van der Waals surface area contributed by atoms with Crippen LogP contribution in [0.3, 0.4) is 0 Å². The minimum Gasteiger partial charge on any atom is -0.422 e. The first-order chi connectivity index (χ1) is 10.6. The van der Waals surface area contributed by atoms with Crippen LogP contribution >= 0.6 is 22.9 Å². The summed E-state index contributed by atoms with van der Waals surface area (Å²) in [5.74, 6) is 0. The Hall–Kier alpha value is -2.18. The quantitative estimate of drug-likeness (QED) is 0.524. The second kappa shape index (κ2) is 4.93. The molecule has 0 radical (unpaired) electrons. The van der Waals surface area contributed by atoms with Gasteiger partial charge in [-0.05, 0) is 30.7 Å². The van der Waals surface area contributed by atoms with Crippen LogP contribution in [0, 0.1) is 0 Å². The Labute approximate surface area is 133 Å². The summed E-state index contributed by atoms with van der Waals surface area (Å²) < 4.78 is 7.03. The third-order valence-electron chi connectivity index (χ3n) is 3.36. The van der Waals surface area contributed by atoms with Gasteiger partial charge >= 0.3 is 5.63 Å². The van der Waals surface area contributed by atoms with Gasteiger partial charge in [-0.25, -0.2) is 14.3 Å². The maximum absolute atomic E-state index is 12.2. The van der Waals surface area contributed by atoms with Gasteiger partial charge < -0.3 is 4.42 Å². The number of halogens is 1. The molecule has 7 heteroatoms. The lowest BCUT2D eigenvalue weighted by Crippen LogP contribution is -2.02. The van der Waals surface area contributed by atoms with E-state index in [0.717, 1.165) is 21.8 Å². The van der Waals surface area contributed by atoms with Crippen molar-refractivity contribution in [3.63, 3.8) is 0 Å². The van der Waals surface area contributed by atoms with E-state index in [2.05, 4.69) is 10.1 Å². The molecular formula is C15H10ClN3O2S. The summed E-state index contributed by atoms with van der Waals surface area (Å²) in [5, 5.41) is 6.76. The number of imidazole rings is 1. The predicted molar refractivity (Wildman–Crippen MR) is 86.7 cm³/mol. The molecule has 1 aromatic carbocycles. The molecule has 3 aromatic heterocycles. The highest BCUT2D eigenvalue weighted by Gasteiger charge is 2.14. The minimum atomic E-state index is -0.420. The number of nitrogens with zero attached hydrogens (tertiary/aromatic N) is 3. The molecule has 3 heterocycles. The van der Waals surface area contributed by atoms with Crippen LogP contribution < -0.4 is 5.63 Å². The Morgan fingerprint density at radius 1 is 1.36 bits per heavy atom. The molecule has 0 N–H and O–H groups in total. The van der Waals surface area contributed by atoms with Gasteiger partial charge in [-0.3, -0.25) is 0 Å². The van der Waals surface area contributed by atoms with E-state index in [4.69, 9.17) is 16.0 Å². The van der Waals surface area contributed by atoms with E-state index in [1.54, 1.807) is 35.0 Å². The monoisotopic (exact) mass is 331 g/mol.